The molecule has 3 nitrogen and oxygen atoms in total. The van der Waals surface area contributed by atoms with Crippen molar-refractivity contribution in [1.29, 1.82) is 0 Å². The Labute approximate surface area is 80.7 Å². The van der Waals surface area contributed by atoms with Gasteiger partial charge in [-0.3, -0.25) is 4.68 Å². The second-order valence-corrected chi connectivity index (χ2v) is 3.87. The average molecular weight is 207 g/mol. The lowest BCUT2D eigenvalue weighted by Crippen LogP contribution is -2.10. The highest BCUT2D eigenvalue weighted by molar-refractivity contribution is 7.99. The Balaban J connectivity index is 2.33. The summed E-state index contributed by atoms with van der Waals surface area (Å²) in [5, 5.41) is 13.1. The van der Waals surface area contributed by atoms with Crippen LogP contribution in [0.15, 0.2) is 17.3 Å². The molecule has 0 radical (unpaired) electrons. The molecule has 0 fully saturated rings. The van der Waals surface area contributed by atoms with E-state index in [1.165, 1.54) is 0 Å². The highest BCUT2D eigenvalue weighted by Gasteiger charge is 2.03. The zero-order chi connectivity index (χ0) is 8.97. The van der Waals surface area contributed by atoms with Gasteiger partial charge in [0, 0.05) is 29.8 Å². The van der Waals surface area contributed by atoms with Gasteiger partial charge in [-0.1, -0.05) is 0 Å². The van der Waals surface area contributed by atoms with Crippen molar-refractivity contribution >= 4 is 23.4 Å². The number of aliphatic hydroxyl groups is 1. The number of alkyl halides is 1. The maximum atomic E-state index is 9.15. The van der Waals surface area contributed by atoms with Crippen LogP contribution in [-0.2, 0) is 7.05 Å². The summed E-state index contributed by atoms with van der Waals surface area (Å²) in [5.74, 6) is 0.905. The number of halogens is 1. The van der Waals surface area contributed by atoms with E-state index in [1.807, 2.05) is 13.2 Å². The van der Waals surface area contributed by atoms with Crippen molar-refractivity contribution in [3.05, 3.63) is 12.4 Å². The third-order valence-corrected chi connectivity index (χ3v) is 2.75. The molecule has 1 aromatic heterocycles. The van der Waals surface area contributed by atoms with Gasteiger partial charge in [0.1, 0.15) is 0 Å². The normalized spacial score (nSPS) is 13.2. The predicted molar refractivity (Wildman–Crippen MR) is 50.7 cm³/mol. The molecule has 0 aliphatic carbocycles. The maximum Gasteiger partial charge on any atom is 0.0769 e. The maximum absolute atomic E-state index is 9.15. The highest BCUT2D eigenvalue weighted by atomic mass is 35.5. The van der Waals surface area contributed by atoms with E-state index in [0.29, 0.717) is 5.75 Å². The van der Waals surface area contributed by atoms with Crippen LogP contribution in [0.3, 0.4) is 0 Å². The lowest BCUT2D eigenvalue weighted by molar-refractivity contribution is 0.223. The Morgan fingerprint density at radius 1 is 1.83 bits per heavy atom. The summed E-state index contributed by atoms with van der Waals surface area (Å²) >= 11 is 7.00. The fraction of sp³-hybridized carbons (Fsp3) is 0.571. The largest absolute Gasteiger partial charge is 0.391 e. The second kappa shape index (κ2) is 4.74. The molecule has 0 bridgehead atoms. The number of rotatable bonds is 4. The molecule has 12 heavy (non-hydrogen) atoms. The van der Waals surface area contributed by atoms with Crippen LogP contribution in [0.25, 0.3) is 0 Å². The lowest BCUT2D eigenvalue weighted by atomic mass is 10.5. The first-order valence-corrected chi connectivity index (χ1v) is 5.10. The molecule has 68 valence electrons. The van der Waals surface area contributed by atoms with Gasteiger partial charge in [0.05, 0.1) is 12.3 Å². The molecule has 0 aromatic carbocycles. The van der Waals surface area contributed by atoms with E-state index >= 15 is 0 Å². The molecule has 1 rings (SSSR count). The monoisotopic (exact) mass is 206 g/mol. The van der Waals surface area contributed by atoms with Gasteiger partial charge in [-0.05, 0) is 0 Å². The topological polar surface area (TPSA) is 38.0 Å². The SMILES string of the molecule is Cn1cc(SCC(O)CCl)cn1. The third-order valence-electron chi connectivity index (χ3n) is 1.30. The van der Waals surface area contributed by atoms with Crippen LogP contribution in [0.2, 0.25) is 0 Å². The van der Waals surface area contributed by atoms with Crippen LogP contribution in [0, 0.1) is 0 Å². The Kier molecular flexibility index (Phi) is 3.91. The standard InChI is InChI=1S/C7H11ClN2OS/c1-10-4-7(3-9-10)12-5-6(11)2-8/h3-4,6,11H,2,5H2,1H3. The molecule has 1 heterocycles. The van der Waals surface area contributed by atoms with Crippen molar-refractivity contribution in [3.8, 4) is 0 Å². The van der Waals surface area contributed by atoms with Crippen molar-refractivity contribution in [2.75, 3.05) is 11.6 Å². The molecular weight excluding hydrogens is 196 g/mol. The van der Waals surface area contributed by atoms with Crippen molar-refractivity contribution in [1.82, 2.24) is 9.78 Å². The van der Waals surface area contributed by atoms with Gasteiger partial charge in [-0.15, -0.1) is 23.4 Å². The highest BCUT2D eigenvalue weighted by Crippen LogP contribution is 2.17. The van der Waals surface area contributed by atoms with Crippen LogP contribution >= 0.6 is 23.4 Å². The first-order valence-electron chi connectivity index (χ1n) is 3.58. The minimum absolute atomic E-state index is 0.285. The molecule has 0 saturated heterocycles. The van der Waals surface area contributed by atoms with Crippen LogP contribution in [0.4, 0.5) is 0 Å². The number of aromatic nitrogens is 2. The second-order valence-electron chi connectivity index (χ2n) is 2.47. The van der Waals surface area contributed by atoms with Crippen molar-refractivity contribution in [2.45, 2.75) is 11.0 Å². The van der Waals surface area contributed by atoms with E-state index in [2.05, 4.69) is 5.10 Å². The number of nitrogens with zero attached hydrogens (tertiary/aromatic N) is 2. The van der Waals surface area contributed by atoms with Crippen molar-refractivity contribution in [2.24, 2.45) is 7.05 Å². The van der Waals surface area contributed by atoms with Crippen molar-refractivity contribution < 1.29 is 5.11 Å². The van der Waals surface area contributed by atoms with Gasteiger partial charge in [0.15, 0.2) is 0 Å². The molecule has 1 aromatic rings. The number of hydrogen-bond acceptors (Lipinski definition) is 3. The Hall–Kier alpha value is -0.190. The molecule has 0 aliphatic rings. The lowest BCUT2D eigenvalue weighted by Gasteiger charge is -2.03. The van der Waals surface area contributed by atoms with Gasteiger partial charge in [0.25, 0.3) is 0 Å². The number of thioether (sulfide) groups is 1. The molecule has 0 spiro atoms. The van der Waals surface area contributed by atoms with Gasteiger partial charge >= 0.3 is 0 Å². The van der Waals surface area contributed by atoms with Crippen LogP contribution in [-0.4, -0.2) is 32.6 Å². The number of hydrogen-bond donors (Lipinski definition) is 1. The predicted octanol–water partition coefficient (Wildman–Crippen LogP) is 1.11. The molecule has 1 atom stereocenters. The molecule has 1 N–H and O–H groups in total. The van der Waals surface area contributed by atoms with Crippen LogP contribution < -0.4 is 0 Å². The van der Waals surface area contributed by atoms with E-state index in [-0.39, 0.29) is 5.88 Å². The Morgan fingerprint density at radius 2 is 2.58 bits per heavy atom. The number of aryl methyl sites for hydroxylation is 1. The van der Waals surface area contributed by atoms with E-state index in [9.17, 15) is 0 Å². The number of aliphatic hydroxyl groups excluding tert-OH is 1. The molecule has 1 unspecified atom stereocenters. The summed E-state index contributed by atoms with van der Waals surface area (Å²) in [6.07, 6.45) is 3.24. The fourth-order valence-corrected chi connectivity index (χ4v) is 1.80. The summed E-state index contributed by atoms with van der Waals surface area (Å²) in [5.41, 5.74) is 0. The van der Waals surface area contributed by atoms with Gasteiger partial charge in [0.2, 0.25) is 0 Å². The minimum Gasteiger partial charge on any atom is -0.391 e. The van der Waals surface area contributed by atoms with Crippen LogP contribution in [0.5, 0.6) is 0 Å². The van der Waals surface area contributed by atoms with E-state index < -0.39 is 6.10 Å². The fourth-order valence-electron chi connectivity index (χ4n) is 0.710. The van der Waals surface area contributed by atoms with E-state index in [0.717, 1.165) is 4.90 Å². The zero-order valence-electron chi connectivity index (χ0n) is 6.77. The molecule has 0 amide bonds. The summed E-state index contributed by atoms with van der Waals surface area (Å²) in [6.45, 7) is 0. The summed E-state index contributed by atoms with van der Waals surface area (Å²) < 4.78 is 1.73. The van der Waals surface area contributed by atoms with Gasteiger partial charge < -0.3 is 5.11 Å². The Morgan fingerprint density at radius 3 is 3.08 bits per heavy atom. The Bertz CT molecular complexity index is 241. The van der Waals surface area contributed by atoms with E-state index in [4.69, 9.17) is 16.7 Å². The van der Waals surface area contributed by atoms with Gasteiger partial charge in [-0.2, -0.15) is 5.10 Å². The first kappa shape index (κ1) is 9.89. The molecular formula is C7H11ClN2OS. The average Bonchev–Trinajstić information content (AvgIpc) is 2.47. The minimum atomic E-state index is -0.433. The van der Waals surface area contributed by atoms with E-state index in [1.54, 1.807) is 22.6 Å². The summed E-state index contributed by atoms with van der Waals surface area (Å²) in [4.78, 5) is 1.06. The van der Waals surface area contributed by atoms with Crippen molar-refractivity contribution in [3.63, 3.8) is 0 Å². The quantitative estimate of drug-likeness (QED) is 0.593. The zero-order valence-corrected chi connectivity index (χ0v) is 8.35. The molecule has 5 heteroatoms. The molecule has 0 aliphatic heterocycles. The first-order chi connectivity index (χ1) is 5.72. The smallest absolute Gasteiger partial charge is 0.0769 e. The van der Waals surface area contributed by atoms with Gasteiger partial charge in [-0.25, -0.2) is 0 Å². The summed E-state index contributed by atoms with van der Waals surface area (Å²) in [6, 6.07) is 0. The third kappa shape index (κ3) is 3.05. The molecule has 0 saturated carbocycles. The summed E-state index contributed by atoms with van der Waals surface area (Å²) in [7, 11) is 1.86. The van der Waals surface area contributed by atoms with Crippen LogP contribution in [0.1, 0.15) is 0 Å².